The van der Waals surface area contributed by atoms with Crippen LogP contribution in [0.25, 0.3) is 0 Å². The van der Waals surface area contributed by atoms with Gasteiger partial charge in [0.15, 0.2) is 0 Å². The molecule has 0 atom stereocenters. The molecule has 2 aromatic carbocycles. The molecule has 0 aromatic heterocycles. The zero-order valence-electron chi connectivity index (χ0n) is 14.4. The standard InChI is InChI=1S/C21H20BrN3O/c22-19-8-3-5-16(13-19)10-11-24-15-18(14-23)21(26)25-12-4-7-17-6-1-2-9-20(17)25/h1-3,5-6,8-9,13,15,24H,4,7,10-12H2/b18-15-. The van der Waals surface area contributed by atoms with Gasteiger partial charge < -0.3 is 10.2 Å². The number of rotatable bonds is 5. The van der Waals surface area contributed by atoms with Gasteiger partial charge in [0.25, 0.3) is 5.91 Å². The SMILES string of the molecule is N#C/C(=C/NCCc1cccc(Br)c1)C(=O)N1CCCc2ccccc21. The van der Waals surface area contributed by atoms with Gasteiger partial charge >= 0.3 is 0 Å². The number of anilines is 1. The number of hydrogen-bond acceptors (Lipinski definition) is 3. The lowest BCUT2D eigenvalue weighted by atomic mass is 10.0. The molecule has 26 heavy (non-hydrogen) atoms. The molecule has 1 amide bonds. The number of amides is 1. The highest BCUT2D eigenvalue weighted by Gasteiger charge is 2.24. The van der Waals surface area contributed by atoms with E-state index in [-0.39, 0.29) is 11.5 Å². The zero-order valence-corrected chi connectivity index (χ0v) is 16.0. The topological polar surface area (TPSA) is 56.1 Å². The van der Waals surface area contributed by atoms with Gasteiger partial charge in [-0.25, -0.2) is 0 Å². The Morgan fingerprint density at radius 3 is 2.92 bits per heavy atom. The molecular weight excluding hydrogens is 390 g/mol. The first-order valence-corrected chi connectivity index (χ1v) is 9.46. The first-order chi connectivity index (χ1) is 12.7. The summed E-state index contributed by atoms with van der Waals surface area (Å²) in [5.74, 6) is -0.241. The molecule has 1 N–H and O–H groups in total. The summed E-state index contributed by atoms with van der Waals surface area (Å²) in [7, 11) is 0. The summed E-state index contributed by atoms with van der Waals surface area (Å²) in [5, 5.41) is 12.5. The lowest BCUT2D eigenvalue weighted by Crippen LogP contribution is -2.36. The number of nitrogens with one attached hydrogen (secondary N) is 1. The van der Waals surface area contributed by atoms with E-state index in [1.165, 1.54) is 11.8 Å². The highest BCUT2D eigenvalue weighted by molar-refractivity contribution is 9.10. The summed E-state index contributed by atoms with van der Waals surface area (Å²) in [6, 6.07) is 18.0. The van der Waals surface area contributed by atoms with Gasteiger partial charge in [-0.2, -0.15) is 5.26 Å². The molecule has 5 heteroatoms. The fraction of sp³-hybridized carbons (Fsp3) is 0.238. The van der Waals surface area contributed by atoms with Crippen LogP contribution in [0, 0.1) is 11.3 Å². The Hall–Kier alpha value is -2.58. The van der Waals surface area contributed by atoms with E-state index in [9.17, 15) is 10.1 Å². The Morgan fingerprint density at radius 1 is 1.27 bits per heavy atom. The molecule has 0 saturated heterocycles. The van der Waals surface area contributed by atoms with Crippen LogP contribution in [0.4, 0.5) is 5.69 Å². The van der Waals surface area contributed by atoms with Gasteiger partial charge in [0, 0.05) is 29.4 Å². The van der Waals surface area contributed by atoms with Crippen molar-refractivity contribution >= 4 is 27.5 Å². The maximum Gasteiger partial charge on any atom is 0.270 e. The molecule has 0 saturated carbocycles. The van der Waals surface area contributed by atoms with Crippen LogP contribution in [0.2, 0.25) is 0 Å². The van der Waals surface area contributed by atoms with Crippen molar-refractivity contribution in [3.05, 3.63) is 75.9 Å². The van der Waals surface area contributed by atoms with Gasteiger partial charge in [-0.15, -0.1) is 0 Å². The van der Waals surface area contributed by atoms with Crippen molar-refractivity contribution in [2.45, 2.75) is 19.3 Å². The van der Waals surface area contributed by atoms with Gasteiger partial charge in [-0.05, 0) is 48.6 Å². The quantitative estimate of drug-likeness (QED) is 0.461. The van der Waals surface area contributed by atoms with Crippen molar-refractivity contribution in [1.29, 1.82) is 5.26 Å². The number of benzene rings is 2. The summed E-state index contributed by atoms with van der Waals surface area (Å²) >= 11 is 3.46. The third-order valence-electron chi connectivity index (χ3n) is 4.40. The lowest BCUT2D eigenvalue weighted by molar-refractivity contribution is -0.114. The average molecular weight is 410 g/mol. The highest BCUT2D eigenvalue weighted by atomic mass is 79.9. The van der Waals surface area contributed by atoms with Gasteiger partial charge in [0.1, 0.15) is 11.6 Å². The fourth-order valence-electron chi connectivity index (χ4n) is 3.12. The molecule has 0 unspecified atom stereocenters. The van der Waals surface area contributed by atoms with Crippen molar-refractivity contribution < 1.29 is 4.79 Å². The lowest BCUT2D eigenvalue weighted by Gasteiger charge is -2.29. The maximum atomic E-state index is 12.8. The van der Waals surface area contributed by atoms with Crippen molar-refractivity contribution in [2.75, 3.05) is 18.0 Å². The highest BCUT2D eigenvalue weighted by Crippen LogP contribution is 2.27. The zero-order chi connectivity index (χ0) is 18.4. The second kappa shape index (κ2) is 8.68. The van der Waals surface area contributed by atoms with Crippen LogP contribution in [0.3, 0.4) is 0 Å². The second-order valence-corrected chi connectivity index (χ2v) is 7.11. The van der Waals surface area contributed by atoms with Crippen molar-refractivity contribution in [1.82, 2.24) is 5.32 Å². The van der Waals surface area contributed by atoms with Gasteiger partial charge in [0.2, 0.25) is 0 Å². The predicted octanol–water partition coefficient (Wildman–Crippen LogP) is 3.97. The van der Waals surface area contributed by atoms with E-state index in [1.807, 2.05) is 42.5 Å². The van der Waals surface area contributed by atoms with Crippen LogP contribution in [0.1, 0.15) is 17.5 Å². The monoisotopic (exact) mass is 409 g/mol. The number of fused-ring (bicyclic) bond motifs is 1. The summed E-state index contributed by atoms with van der Waals surface area (Å²) in [4.78, 5) is 14.5. The third kappa shape index (κ3) is 4.33. The molecule has 2 aromatic rings. The predicted molar refractivity (Wildman–Crippen MR) is 107 cm³/mol. The minimum Gasteiger partial charge on any atom is -0.389 e. The first-order valence-electron chi connectivity index (χ1n) is 8.67. The number of carbonyl (C=O) groups excluding carboxylic acids is 1. The molecule has 0 fully saturated rings. The van der Waals surface area contributed by atoms with Crippen molar-refractivity contribution in [2.24, 2.45) is 0 Å². The molecule has 0 aliphatic carbocycles. The van der Waals surface area contributed by atoms with Crippen LogP contribution in [-0.2, 0) is 17.6 Å². The Bertz CT molecular complexity index is 870. The number of hydrogen-bond donors (Lipinski definition) is 1. The van der Waals surface area contributed by atoms with E-state index in [0.717, 1.165) is 35.0 Å². The molecule has 132 valence electrons. The number of para-hydroxylation sites is 1. The van der Waals surface area contributed by atoms with E-state index in [4.69, 9.17) is 0 Å². The molecule has 0 radical (unpaired) electrons. The van der Waals surface area contributed by atoms with Crippen LogP contribution in [0.5, 0.6) is 0 Å². The molecule has 0 spiro atoms. The molecule has 1 heterocycles. The average Bonchev–Trinajstić information content (AvgIpc) is 2.67. The van der Waals surface area contributed by atoms with Gasteiger partial charge in [-0.3, -0.25) is 4.79 Å². The Balaban J connectivity index is 1.64. The molecule has 4 nitrogen and oxygen atoms in total. The Kier molecular flexibility index (Phi) is 6.08. The molecule has 3 rings (SSSR count). The van der Waals surface area contributed by atoms with E-state index >= 15 is 0 Å². The number of carbonyl (C=O) groups is 1. The summed E-state index contributed by atoms with van der Waals surface area (Å²) in [5.41, 5.74) is 3.40. The van der Waals surface area contributed by atoms with E-state index in [0.29, 0.717) is 13.1 Å². The molecule has 1 aliphatic heterocycles. The normalized spacial score (nSPS) is 13.7. The van der Waals surface area contributed by atoms with Crippen LogP contribution < -0.4 is 10.2 Å². The van der Waals surface area contributed by atoms with Gasteiger partial charge in [-0.1, -0.05) is 46.3 Å². The van der Waals surface area contributed by atoms with Crippen LogP contribution in [-0.4, -0.2) is 19.0 Å². The van der Waals surface area contributed by atoms with Gasteiger partial charge in [0.05, 0.1) is 0 Å². The van der Waals surface area contributed by atoms with E-state index in [2.05, 4.69) is 33.4 Å². The third-order valence-corrected chi connectivity index (χ3v) is 4.89. The maximum absolute atomic E-state index is 12.8. The summed E-state index contributed by atoms with van der Waals surface area (Å²) < 4.78 is 1.04. The largest absolute Gasteiger partial charge is 0.389 e. The minimum atomic E-state index is -0.241. The first kappa shape index (κ1) is 18.2. The van der Waals surface area contributed by atoms with E-state index in [1.54, 1.807) is 4.90 Å². The van der Waals surface area contributed by atoms with Crippen LogP contribution >= 0.6 is 15.9 Å². The van der Waals surface area contributed by atoms with Crippen LogP contribution in [0.15, 0.2) is 64.8 Å². The fourth-order valence-corrected chi connectivity index (χ4v) is 3.56. The van der Waals surface area contributed by atoms with Crippen molar-refractivity contribution in [3.63, 3.8) is 0 Å². The number of nitrogens with zero attached hydrogens (tertiary/aromatic N) is 2. The minimum absolute atomic E-state index is 0.135. The van der Waals surface area contributed by atoms with E-state index < -0.39 is 0 Å². The second-order valence-electron chi connectivity index (χ2n) is 6.19. The number of nitriles is 1. The molecule has 0 bridgehead atoms. The number of halogens is 1. The molecule has 1 aliphatic rings. The summed E-state index contributed by atoms with van der Waals surface area (Å²) in [6.45, 7) is 1.30. The van der Waals surface area contributed by atoms with Crippen molar-refractivity contribution in [3.8, 4) is 6.07 Å². The Morgan fingerprint density at radius 2 is 2.12 bits per heavy atom. The molecular formula is C21H20BrN3O. The number of aryl methyl sites for hydroxylation is 1. The summed E-state index contributed by atoms with van der Waals surface area (Å²) in [6.07, 6.45) is 4.24. The smallest absolute Gasteiger partial charge is 0.270 e. The Labute approximate surface area is 162 Å².